The average molecular weight is 681 g/mol. The summed E-state index contributed by atoms with van der Waals surface area (Å²) in [6.45, 7) is 0.525. The summed E-state index contributed by atoms with van der Waals surface area (Å²) in [7, 11) is 0. The van der Waals surface area contributed by atoms with Crippen LogP contribution in [-0.2, 0) is 24.2 Å². The molecule has 4 N–H and O–H groups in total. The molecule has 10 heteroatoms. The van der Waals surface area contributed by atoms with Crippen LogP contribution in [-0.4, -0.2) is 34.5 Å². The minimum atomic E-state index is -0.943. The Kier molecular flexibility index (Phi) is 9.16. The van der Waals surface area contributed by atoms with Gasteiger partial charge in [0.25, 0.3) is 5.91 Å². The Morgan fingerprint density at radius 3 is 2.57 bits per heavy atom. The lowest BCUT2D eigenvalue weighted by molar-refractivity contribution is -0.122. The molecule has 4 aromatic carbocycles. The number of phenols is 1. The molecule has 1 atom stereocenters. The molecule has 2 heterocycles. The van der Waals surface area contributed by atoms with Gasteiger partial charge >= 0.3 is 0 Å². The Morgan fingerprint density at radius 1 is 0.935 bits per heavy atom. The zero-order valence-corrected chi connectivity index (χ0v) is 26.2. The van der Waals surface area contributed by atoms with Gasteiger partial charge in [0, 0.05) is 46.2 Å². The number of ether oxygens (including phenoxy) is 1. The van der Waals surface area contributed by atoms with Crippen LogP contribution in [0.15, 0.2) is 117 Å². The number of aromatic amines is 1. The highest BCUT2D eigenvalue weighted by molar-refractivity contribution is 9.10. The standard InChI is InChI=1S/C36H30BrN3O6/c37-27-10-5-4-9-24(27)21-45-31-11-6-12-32-34(31)30(42)19-33(46-32)36(44)40-29(17-22-7-2-1-3-8-22)35(43)38-16-15-23-20-39-28-14-13-25(41)18-26(23)28/h1-14,18-20,29,39,41H,15-17,21H2,(H,38,43)(H,40,44)/t29-/m0/s1. The molecule has 9 nitrogen and oxygen atoms in total. The van der Waals surface area contributed by atoms with Gasteiger partial charge in [-0.15, -0.1) is 0 Å². The van der Waals surface area contributed by atoms with Crippen LogP contribution in [0, 0.1) is 0 Å². The summed E-state index contributed by atoms with van der Waals surface area (Å²) in [6, 6.07) is 27.2. The van der Waals surface area contributed by atoms with Gasteiger partial charge in [0.05, 0.1) is 0 Å². The van der Waals surface area contributed by atoms with Crippen molar-refractivity contribution in [1.82, 2.24) is 15.6 Å². The van der Waals surface area contributed by atoms with Crippen molar-refractivity contribution < 1.29 is 23.8 Å². The number of hydrogen-bond acceptors (Lipinski definition) is 6. The van der Waals surface area contributed by atoms with E-state index in [2.05, 4.69) is 31.5 Å². The highest BCUT2D eigenvalue weighted by Crippen LogP contribution is 2.26. The number of halogens is 1. The van der Waals surface area contributed by atoms with E-state index in [0.717, 1.165) is 38.1 Å². The van der Waals surface area contributed by atoms with Crippen LogP contribution in [0.2, 0.25) is 0 Å². The molecule has 0 spiro atoms. The van der Waals surface area contributed by atoms with Crippen molar-refractivity contribution in [2.45, 2.75) is 25.5 Å². The predicted octanol–water partition coefficient (Wildman–Crippen LogP) is 6.02. The quantitative estimate of drug-likeness (QED) is 0.132. The second-order valence-corrected chi connectivity index (χ2v) is 11.6. The summed E-state index contributed by atoms with van der Waals surface area (Å²) in [5, 5.41) is 16.7. The number of fused-ring (bicyclic) bond motifs is 2. The molecule has 0 fully saturated rings. The van der Waals surface area contributed by atoms with Crippen molar-refractivity contribution in [3.05, 3.63) is 140 Å². The second-order valence-electron chi connectivity index (χ2n) is 10.8. The number of aromatic nitrogens is 1. The first-order valence-electron chi connectivity index (χ1n) is 14.7. The van der Waals surface area contributed by atoms with Crippen molar-refractivity contribution in [1.29, 1.82) is 0 Å². The number of phenolic OH excluding ortho intramolecular Hbond substituents is 1. The molecule has 2 aromatic heterocycles. The number of carbonyl (C=O) groups is 2. The normalized spacial score (nSPS) is 11.8. The molecule has 46 heavy (non-hydrogen) atoms. The second kappa shape index (κ2) is 13.7. The maximum absolute atomic E-state index is 13.4. The Bertz CT molecular complexity index is 2090. The predicted molar refractivity (Wildman–Crippen MR) is 179 cm³/mol. The van der Waals surface area contributed by atoms with E-state index in [1.165, 1.54) is 0 Å². The van der Waals surface area contributed by atoms with E-state index < -0.39 is 17.4 Å². The molecule has 6 aromatic rings. The highest BCUT2D eigenvalue weighted by atomic mass is 79.9. The van der Waals surface area contributed by atoms with Crippen LogP contribution in [0.25, 0.3) is 21.9 Å². The van der Waals surface area contributed by atoms with Crippen molar-refractivity contribution in [2.75, 3.05) is 6.54 Å². The van der Waals surface area contributed by atoms with E-state index in [1.54, 1.807) is 36.4 Å². The summed E-state index contributed by atoms with van der Waals surface area (Å²) < 4.78 is 12.7. The number of benzene rings is 4. The van der Waals surface area contributed by atoms with Gasteiger partial charge in [0.2, 0.25) is 5.91 Å². The van der Waals surface area contributed by atoms with Crippen LogP contribution in [0.3, 0.4) is 0 Å². The molecule has 232 valence electrons. The zero-order chi connectivity index (χ0) is 32.0. The SMILES string of the molecule is O=C(N[C@@H](Cc1ccccc1)C(=O)NCCc1c[nH]c2ccc(O)cc12)c1cc(=O)c2c(OCc3ccccc3Br)cccc2o1. The monoisotopic (exact) mass is 679 g/mol. The molecule has 0 aliphatic heterocycles. The molecule has 0 saturated carbocycles. The van der Waals surface area contributed by atoms with Gasteiger partial charge in [0.1, 0.15) is 35.1 Å². The summed E-state index contributed by atoms with van der Waals surface area (Å²) in [6.07, 6.45) is 2.58. The third-order valence-electron chi connectivity index (χ3n) is 7.63. The molecule has 0 aliphatic rings. The lowest BCUT2D eigenvalue weighted by Gasteiger charge is -2.18. The van der Waals surface area contributed by atoms with Gasteiger partial charge < -0.3 is 29.9 Å². The summed E-state index contributed by atoms with van der Waals surface area (Å²) >= 11 is 3.50. The Balaban J connectivity index is 1.18. The van der Waals surface area contributed by atoms with Crippen LogP contribution in [0.4, 0.5) is 0 Å². The summed E-state index contributed by atoms with van der Waals surface area (Å²) in [5.41, 5.74) is 3.32. The Hall–Kier alpha value is -5.35. The summed E-state index contributed by atoms with van der Waals surface area (Å²) in [5.74, 6) is -0.800. The van der Waals surface area contributed by atoms with Crippen molar-refractivity contribution in [3.8, 4) is 11.5 Å². The molecule has 0 radical (unpaired) electrons. The van der Waals surface area contributed by atoms with E-state index in [1.807, 2.05) is 60.8 Å². The van der Waals surface area contributed by atoms with Gasteiger partial charge in [-0.2, -0.15) is 0 Å². The zero-order valence-electron chi connectivity index (χ0n) is 24.6. The molecule has 6 rings (SSSR count). The number of hydrogen-bond donors (Lipinski definition) is 4. The molecule has 0 bridgehead atoms. The lowest BCUT2D eigenvalue weighted by Crippen LogP contribution is -2.48. The van der Waals surface area contributed by atoms with Gasteiger partial charge in [-0.1, -0.05) is 70.5 Å². The number of nitrogens with one attached hydrogen (secondary N) is 3. The molecule has 0 aliphatic carbocycles. The smallest absolute Gasteiger partial charge is 0.287 e. The molecule has 0 saturated heterocycles. The first kappa shape index (κ1) is 30.7. The largest absolute Gasteiger partial charge is 0.508 e. The Labute approximate surface area is 272 Å². The summed E-state index contributed by atoms with van der Waals surface area (Å²) in [4.78, 5) is 43.3. The number of amides is 2. The van der Waals surface area contributed by atoms with E-state index in [9.17, 15) is 19.5 Å². The maximum Gasteiger partial charge on any atom is 0.287 e. The van der Waals surface area contributed by atoms with Crippen molar-refractivity contribution >= 4 is 49.6 Å². The minimum Gasteiger partial charge on any atom is -0.508 e. The Morgan fingerprint density at radius 2 is 1.74 bits per heavy atom. The van der Waals surface area contributed by atoms with E-state index in [-0.39, 0.29) is 41.4 Å². The molecular formula is C36H30BrN3O6. The highest BCUT2D eigenvalue weighted by Gasteiger charge is 2.24. The van der Waals surface area contributed by atoms with Crippen molar-refractivity contribution in [3.63, 3.8) is 0 Å². The number of H-pyrrole nitrogens is 1. The fourth-order valence-corrected chi connectivity index (χ4v) is 5.69. The fraction of sp³-hybridized carbons (Fsp3) is 0.139. The van der Waals surface area contributed by atoms with Crippen LogP contribution in [0.5, 0.6) is 11.5 Å². The lowest BCUT2D eigenvalue weighted by atomic mass is 10.0. The fourth-order valence-electron chi connectivity index (χ4n) is 5.29. The number of aromatic hydroxyl groups is 1. The van der Waals surface area contributed by atoms with Crippen LogP contribution in [0.1, 0.15) is 27.2 Å². The van der Waals surface area contributed by atoms with E-state index in [4.69, 9.17) is 9.15 Å². The average Bonchev–Trinajstić information content (AvgIpc) is 3.46. The van der Waals surface area contributed by atoms with Gasteiger partial charge in [-0.25, -0.2) is 0 Å². The van der Waals surface area contributed by atoms with Gasteiger partial charge in [-0.05, 0) is 53.9 Å². The van der Waals surface area contributed by atoms with Gasteiger partial charge in [0.15, 0.2) is 11.2 Å². The van der Waals surface area contributed by atoms with E-state index in [0.29, 0.717) is 18.7 Å². The first-order valence-corrected chi connectivity index (χ1v) is 15.5. The third-order valence-corrected chi connectivity index (χ3v) is 8.40. The van der Waals surface area contributed by atoms with E-state index >= 15 is 0 Å². The number of carbonyl (C=O) groups excluding carboxylic acids is 2. The molecule has 2 amide bonds. The topological polar surface area (TPSA) is 134 Å². The molecule has 0 unspecified atom stereocenters. The van der Waals surface area contributed by atoms with Gasteiger partial charge in [-0.3, -0.25) is 14.4 Å². The third kappa shape index (κ3) is 6.97. The maximum atomic E-state index is 13.4. The minimum absolute atomic E-state index is 0.160. The molecular weight excluding hydrogens is 650 g/mol. The van der Waals surface area contributed by atoms with Crippen LogP contribution >= 0.6 is 15.9 Å². The van der Waals surface area contributed by atoms with Crippen molar-refractivity contribution in [2.24, 2.45) is 0 Å². The first-order chi connectivity index (χ1) is 22.4. The number of rotatable bonds is 11. The van der Waals surface area contributed by atoms with Crippen LogP contribution < -0.4 is 20.8 Å².